The van der Waals surface area contributed by atoms with E-state index in [9.17, 15) is 17.2 Å². The van der Waals surface area contributed by atoms with Gasteiger partial charge in [-0.2, -0.15) is 0 Å². The monoisotopic (exact) mass is 376 g/mol. The van der Waals surface area contributed by atoms with Gasteiger partial charge in [0, 0.05) is 11.0 Å². The first-order chi connectivity index (χ1) is 9.79. The highest BCUT2D eigenvalue weighted by molar-refractivity contribution is 9.10. The van der Waals surface area contributed by atoms with Crippen LogP contribution in [0.2, 0.25) is 0 Å². The minimum Gasteiger partial charge on any atom is -0.398 e. The molecular formula is C13H11BrF2N2O2S. The molecule has 2 rings (SSSR count). The van der Waals surface area contributed by atoms with E-state index >= 15 is 0 Å². The number of rotatable bonds is 4. The quantitative estimate of drug-likeness (QED) is 0.805. The van der Waals surface area contributed by atoms with Crippen LogP contribution in [-0.4, -0.2) is 8.42 Å². The predicted molar refractivity (Wildman–Crippen MR) is 78.9 cm³/mol. The van der Waals surface area contributed by atoms with Crippen molar-refractivity contribution in [3.05, 3.63) is 58.1 Å². The summed E-state index contributed by atoms with van der Waals surface area (Å²) in [5, 5.41) is 0. The fourth-order valence-electron chi connectivity index (χ4n) is 1.67. The van der Waals surface area contributed by atoms with Crippen LogP contribution in [0.5, 0.6) is 0 Å². The number of benzene rings is 2. The Labute approximate surface area is 129 Å². The number of nitrogens with one attached hydrogen (secondary N) is 1. The van der Waals surface area contributed by atoms with Crippen molar-refractivity contribution in [2.75, 3.05) is 5.73 Å². The van der Waals surface area contributed by atoms with Gasteiger partial charge >= 0.3 is 0 Å². The van der Waals surface area contributed by atoms with E-state index in [1.165, 1.54) is 18.2 Å². The van der Waals surface area contributed by atoms with E-state index in [-0.39, 0.29) is 17.1 Å². The Morgan fingerprint density at radius 2 is 1.81 bits per heavy atom. The van der Waals surface area contributed by atoms with Crippen LogP contribution in [-0.2, 0) is 16.6 Å². The second kappa shape index (κ2) is 6.08. The molecule has 0 aromatic heterocycles. The molecule has 21 heavy (non-hydrogen) atoms. The Morgan fingerprint density at radius 3 is 2.43 bits per heavy atom. The van der Waals surface area contributed by atoms with E-state index < -0.39 is 21.7 Å². The molecule has 0 fully saturated rings. The lowest BCUT2D eigenvalue weighted by Gasteiger charge is -2.09. The number of halogens is 3. The molecule has 0 heterocycles. The minimum absolute atomic E-state index is 0.0757. The van der Waals surface area contributed by atoms with Gasteiger partial charge in [-0.3, -0.25) is 0 Å². The number of hydrogen-bond donors (Lipinski definition) is 2. The van der Waals surface area contributed by atoms with E-state index in [1.54, 1.807) is 6.07 Å². The highest BCUT2D eigenvalue weighted by atomic mass is 79.9. The molecule has 0 bridgehead atoms. The Bertz CT molecular complexity index is 782. The summed E-state index contributed by atoms with van der Waals surface area (Å²) in [5.74, 6) is -2.02. The predicted octanol–water partition coefficient (Wildman–Crippen LogP) is 2.79. The zero-order valence-corrected chi connectivity index (χ0v) is 13.0. The molecule has 0 unspecified atom stereocenters. The Hall–Kier alpha value is -1.51. The number of hydrogen-bond acceptors (Lipinski definition) is 3. The standard InChI is InChI=1S/C13H11BrF2N2O2S/c14-9-2-4-13(12(17)6-9)21(19,20)18-7-8-1-3-10(15)11(16)5-8/h1-6,18H,7,17H2. The van der Waals surface area contributed by atoms with E-state index in [2.05, 4.69) is 20.7 Å². The van der Waals surface area contributed by atoms with Gasteiger partial charge in [0.05, 0.1) is 5.69 Å². The van der Waals surface area contributed by atoms with Gasteiger partial charge in [0.1, 0.15) is 4.90 Å². The van der Waals surface area contributed by atoms with E-state index in [1.807, 2.05) is 0 Å². The Morgan fingerprint density at radius 1 is 1.10 bits per heavy atom. The summed E-state index contributed by atoms with van der Waals surface area (Å²) < 4.78 is 53.0. The summed E-state index contributed by atoms with van der Waals surface area (Å²) in [7, 11) is -3.84. The molecule has 0 saturated heterocycles. The van der Waals surface area contributed by atoms with Crippen LogP contribution in [0.1, 0.15) is 5.56 Å². The third kappa shape index (κ3) is 3.78. The van der Waals surface area contributed by atoms with Crippen molar-refractivity contribution in [2.45, 2.75) is 11.4 Å². The van der Waals surface area contributed by atoms with Gasteiger partial charge in [-0.1, -0.05) is 22.0 Å². The summed E-state index contributed by atoms with van der Waals surface area (Å²) in [6.07, 6.45) is 0. The Balaban J connectivity index is 2.19. The normalized spacial score (nSPS) is 11.6. The second-order valence-corrected chi connectivity index (χ2v) is 6.91. The van der Waals surface area contributed by atoms with Crippen molar-refractivity contribution >= 4 is 31.6 Å². The Kier molecular flexibility index (Phi) is 4.60. The molecule has 2 aromatic rings. The van der Waals surface area contributed by atoms with Gasteiger partial charge in [-0.05, 0) is 35.9 Å². The van der Waals surface area contributed by atoms with E-state index in [0.29, 0.717) is 10.0 Å². The van der Waals surface area contributed by atoms with Gasteiger partial charge in [0.2, 0.25) is 10.0 Å². The number of nitrogen functional groups attached to an aromatic ring is 1. The summed E-state index contributed by atoms with van der Waals surface area (Å²) in [6, 6.07) is 7.53. The molecule has 0 spiro atoms. The van der Waals surface area contributed by atoms with Gasteiger partial charge in [-0.25, -0.2) is 21.9 Å². The van der Waals surface area contributed by atoms with Crippen LogP contribution in [0, 0.1) is 11.6 Å². The van der Waals surface area contributed by atoms with Crippen molar-refractivity contribution in [3.63, 3.8) is 0 Å². The third-order valence-corrected chi connectivity index (χ3v) is 4.68. The summed E-state index contributed by atoms with van der Waals surface area (Å²) >= 11 is 3.18. The van der Waals surface area contributed by atoms with Crippen LogP contribution in [0.3, 0.4) is 0 Å². The fourth-order valence-corrected chi connectivity index (χ4v) is 3.18. The molecule has 0 atom stereocenters. The maximum Gasteiger partial charge on any atom is 0.242 e. The molecule has 0 aliphatic rings. The maximum atomic E-state index is 13.1. The number of anilines is 1. The van der Waals surface area contributed by atoms with Gasteiger partial charge in [-0.15, -0.1) is 0 Å². The third-order valence-electron chi connectivity index (χ3n) is 2.71. The zero-order valence-electron chi connectivity index (χ0n) is 10.6. The highest BCUT2D eigenvalue weighted by Gasteiger charge is 2.17. The van der Waals surface area contributed by atoms with Crippen molar-refractivity contribution in [1.82, 2.24) is 4.72 Å². The molecular weight excluding hydrogens is 366 g/mol. The van der Waals surface area contributed by atoms with Gasteiger partial charge in [0.25, 0.3) is 0 Å². The highest BCUT2D eigenvalue weighted by Crippen LogP contribution is 2.22. The molecule has 8 heteroatoms. The first kappa shape index (κ1) is 15.9. The van der Waals surface area contributed by atoms with Crippen molar-refractivity contribution in [2.24, 2.45) is 0 Å². The number of sulfonamides is 1. The lowest BCUT2D eigenvalue weighted by Crippen LogP contribution is -2.24. The fraction of sp³-hybridized carbons (Fsp3) is 0.0769. The van der Waals surface area contributed by atoms with Crippen LogP contribution < -0.4 is 10.5 Å². The zero-order chi connectivity index (χ0) is 15.6. The summed E-state index contributed by atoms with van der Waals surface area (Å²) in [5.41, 5.74) is 6.05. The van der Waals surface area contributed by atoms with Crippen LogP contribution in [0.15, 0.2) is 45.8 Å². The summed E-state index contributed by atoms with van der Waals surface area (Å²) in [6.45, 7) is -0.172. The molecule has 0 aliphatic heterocycles. The number of nitrogens with two attached hydrogens (primary N) is 1. The van der Waals surface area contributed by atoms with Crippen molar-refractivity contribution in [3.8, 4) is 0 Å². The smallest absolute Gasteiger partial charge is 0.242 e. The molecule has 2 aromatic carbocycles. The maximum absolute atomic E-state index is 13.1. The van der Waals surface area contributed by atoms with E-state index in [4.69, 9.17) is 5.73 Å². The van der Waals surface area contributed by atoms with Crippen molar-refractivity contribution in [1.29, 1.82) is 0 Å². The van der Waals surface area contributed by atoms with Crippen LogP contribution >= 0.6 is 15.9 Å². The average Bonchev–Trinajstić information content (AvgIpc) is 2.40. The second-order valence-electron chi connectivity index (χ2n) is 4.26. The molecule has 0 radical (unpaired) electrons. The first-order valence-corrected chi connectivity index (χ1v) is 8.06. The molecule has 0 saturated carbocycles. The van der Waals surface area contributed by atoms with Gasteiger partial charge in [0.15, 0.2) is 11.6 Å². The lowest BCUT2D eigenvalue weighted by molar-refractivity contribution is 0.506. The van der Waals surface area contributed by atoms with Crippen LogP contribution in [0.4, 0.5) is 14.5 Å². The van der Waals surface area contributed by atoms with Crippen LogP contribution in [0.25, 0.3) is 0 Å². The minimum atomic E-state index is -3.84. The molecule has 4 nitrogen and oxygen atoms in total. The van der Waals surface area contributed by atoms with E-state index in [0.717, 1.165) is 12.1 Å². The SMILES string of the molecule is Nc1cc(Br)ccc1S(=O)(=O)NCc1ccc(F)c(F)c1. The molecule has 0 aliphatic carbocycles. The first-order valence-electron chi connectivity index (χ1n) is 5.78. The molecule has 112 valence electrons. The molecule has 0 amide bonds. The summed E-state index contributed by atoms with van der Waals surface area (Å²) in [4.78, 5) is -0.0757. The lowest BCUT2D eigenvalue weighted by atomic mass is 10.2. The average molecular weight is 377 g/mol. The molecule has 3 N–H and O–H groups in total. The van der Waals surface area contributed by atoms with Gasteiger partial charge < -0.3 is 5.73 Å². The van der Waals surface area contributed by atoms with Crippen molar-refractivity contribution < 1.29 is 17.2 Å². The topological polar surface area (TPSA) is 72.2 Å². The largest absolute Gasteiger partial charge is 0.398 e.